The van der Waals surface area contributed by atoms with E-state index in [1.54, 1.807) is 24.3 Å². The van der Waals surface area contributed by atoms with Gasteiger partial charge in [-0.2, -0.15) is 4.98 Å². The number of hydrogen-bond acceptors (Lipinski definition) is 10. The molecule has 4 rings (SSSR count). The van der Waals surface area contributed by atoms with Crippen molar-refractivity contribution in [2.75, 3.05) is 23.8 Å². The van der Waals surface area contributed by atoms with E-state index in [1.165, 1.54) is 0 Å². The van der Waals surface area contributed by atoms with Gasteiger partial charge in [-0.05, 0) is 18.6 Å². The normalized spacial score (nSPS) is 30.1. The molecule has 2 heterocycles. The summed E-state index contributed by atoms with van der Waals surface area (Å²) in [6, 6.07) is 5.68. The number of aliphatic hydroxyl groups excluding tert-OH is 4. The minimum absolute atomic E-state index is 0.0263. The number of ether oxygens (including phenoxy) is 1. The molecule has 1 aliphatic heterocycles. The molecule has 2 aromatic rings. The lowest BCUT2D eigenvalue weighted by molar-refractivity contribution is -0.125. The van der Waals surface area contributed by atoms with Crippen LogP contribution in [0.2, 0.25) is 0 Å². The van der Waals surface area contributed by atoms with Crippen molar-refractivity contribution in [1.82, 2.24) is 9.97 Å². The lowest BCUT2D eigenvalue weighted by Crippen LogP contribution is -2.47. The molecule has 11 nitrogen and oxygen atoms in total. The summed E-state index contributed by atoms with van der Waals surface area (Å²) in [6.45, 7) is -0.903. The van der Waals surface area contributed by atoms with Gasteiger partial charge in [-0.3, -0.25) is 4.79 Å². The molecule has 1 aliphatic carbocycles. The van der Waals surface area contributed by atoms with Crippen LogP contribution in [0.5, 0.6) is 5.75 Å². The Kier molecular flexibility index (Phi) is 6.61. The summed E-state index contributed by atoms with van der Waals surface area (Å²) in [5, 5.41) is 47.1. The van der Waals surface area contributed by atoms with Crippen molar-refractivity contribution in [1.29, 1.82) is 0 Å². The van der Waals surface area contributed by atoms with Gasteiger partial charge < -0.3 is 41.5 Å². The highest BCUT2D eigenvalue weighted by atomic mass is 19.1. The average Bonchev–Trinajstić information content (AvgIpc) is 3.17. The fourth-order valence-corrected chi connectivity index (χ4v) is 4.65. The average molecular weight is 463 g/mol. The van der Waals surface area contributed by atoms with Crippen molar-refractivity contribution < 1.29 is 34.3 Å². The molecule has 1 amide bonds. The Morgan fingerprint density at radius 3 is 2.88 bits per heavy atom. The van der Waals surface area contributed by atoms with Gasteiger partial charge in [0.2, 0.25) is 11.9 Å². The number of benzene rings is 1. The quantitative estimate of drug-likeness (QED) is 0.309. The minimum Gasteiger partial charge on any atom is -0.491 e. The van der Waals surface area contributed by atoms with E-state index in [0.717, 1.165) is 6.20 Å². The van der Waals surface area contributed by atoms with E-state index in [9.17, 15) is 29.6 Å². The summed E-state index contributed by atoms with van der Waals surface area (Å²) in [6.07, 6.45) is -3.14. The number of hydrogen-bond donors (Lipinski definition) is 7. The van der Waals surface area contributed by atoms with Crippen LogP contribution in [0.25, 0.3) is 0 Å². The van der Waals surface area contributed by atoms with E-state index in [4.69, 9.17) is 10.5 Å². The molecule has 8 N–H and O–H groups in total. The number of carbonyl (C=O) groups excluding carboxylic acids is 1. The molecule has 7 atom stereocenters. The maximum absolute atomic E-state index is 14.6. The first kappa shape index (κ1) is 23.1. The predicted molar refractivity (Wildman–Crippen MR) is 114 cm³/mol. The van der Waals surface area contributed by atoms with Crippen molar-refractivity contribution in [2.45, 2.75) is 30.8 Å². The second-order valence-corrected chi connectivity index (χ2v) is 8.32. The van der Waals surface area contributed by atoms with E-state index in [0.29, 0.717) is 11.4 Å². The number of aromatic nitrogens is 2. The molecule has 1 aromatic carbocycles. The van der Waals surface area contributed by atoms with Crippen LogP contribution in [0.4, 0.5) is 21.8 Å². The monoisotopic (exact) mass is 463 g/mol. The second-order valence-electron chi connectivity index (χ2n) is 8.32. The molecule has 1 saturated carbocycles. The molecule has 0 radical (unpaired) electrons. The number of primary amides is 1. The van der Waals surface area contributed by atoms with E-state index in [1.807, 2.05) is 0 Å². The molecular weight excluding hydrogens is 437 g/mol. The van der Waals surface area contributed by atoms with Gasteiger partial charge in [-0.1, -0.05) is 6.07 Å². The highest BCUT2D eigenvalue weighted by Gasteiger charge is 2.52. The van der Waals surface area contributed by atoms with Crippen molar-refractivity contribution in [3.63, 3.8) is 0 Å². The molecular formula is C21H26FN5O6. The second kappa shape index (κ2) is 9.43. The lowest BCUT2D eigenvalue weighted by atomic mass is 9.87. The Labute approximate surface area is 188 Å². The highest BCUT2D eigenvalue weighted by Crippen LogP contribution is 2.43. The Balaban J connectivity index is 1.78. The molecule has 1 fully saturated rings. The number of aliphatic hydroxyl groups is 4. The molecule has 178 valence electrons. The van der Waals surface area contributed by atoms with E-state index >= 15 is 0 Å². The summed E-state index contributed by atoms with van der Waals surface area (Å²) in [5.74, 6) is -4.20. The topological polar surface area (TPSA) is 183 Å². The summed E-state index contributed by atoms with van der Waals surface area (Å²) in [4.78, 5) is 20.4. The summed E-state index contributed by atoms with van der Waals surface area (Å²) in [5.41, 5.74) is 6.15. The SMILES string of the molecule is NC(=O)[C@H]1C([C@@H](O)CO)C[C@@H]2[C@H](O)[C@@H](O)COc3cccc(c3)Nc3ncc(F)c(n3)N[C@H]21. The van der Waals surface area contributed by atoms with Crippen molar-refractivity contribution in [2.24, 2.45) is 23.5 Å². The van der Waals surface area contributed by atoms with E-state index in [2.05, 4.69) is 20.6 Å². The highest BCUT2D eigenvalue weighted by molar-refractivity contribution is 5.79. The maximum Gasteiger partial charge on any atom is 0.229 e. The largest absolute Gasteiger partial charge is 0.491 e. The fourth-order valence-electron chi connectivity index (χ4n) is 4.65. The number of nitrogens with two attached hydrogens (primary N) is 1. The van der Waals surface area contributed by atoms with Crippen LogP contribution in [-0.4, -0.2) is 73.9 Å². The summed E-state index contributed by atoms with van der Waals surface area (Å²) >= 11 is 0. The minimum atomic E-state index is -1.42. The van der Waals surface area contributed by atoms with Gasteiger partial charge in [-0.15, -0.1) is 0 Å². The number of nitrogens with zero attached hydrogens (tertiary/aromatic N) is 2. The van der Waals surface area contributed by atoms with Crippen LogP contribution in [0, 0.1) is 23.6 Å². The zero-order valence-corrected chi connectivity index (χ0v) is 17.5. The molecule has 1 aromatic heterocycles. The first-order valence-electron chi connectivity index (χ1n) is 10.5. The standard InChI is InChI=1S/C21H26FN5O6/c22-13-6-24-21-25-9-2-1-3-10(4-9)33-8-15(30)18(31)12-5-11(14(29)7-28)16(19(23)32)17(12)26-20(13)27-21/h1-4,6,11-12,14-18,28-31H,5,7-8H2,(H2,23,32)(H2,24,25,26,27)/t11?,12-,14-,15-,16-,17+,18-/m0/s1. The van der Waals surface area contributed by atoms with Gasteiger partial charge in [0.25, 0.3) is 0 Å². The number of carbonyl (C=O) groups is 1. The first-order valence-corrected chi connectivity index (χ1v) is 10.5. The van der Waals surface area contributed by atoms with E-state index < -0.39 is 60.4 Å². The number of fused-ring (bicyclic) bond motifs is 5. The number of rotatable bonds is 3. The third-order valence-corrected chi connectivity index (χ3v) is 6.25. The number of anilines is 3. The lowest BCUT2D eigenvalue weighted by Gasteiger charge is -2.31. The Hall–Kier alpha value is -3.06. The fraction of sp³-hybridized carbons (Fsp3) is 0.476. The van der Waals surface area contributed by atoms with Crippen molar-refractivity contribution >= 4 is 23.4 Å². The van der Waals surface area contributed by atoms with Crippen LogP contribution in [-0.2, 0) is 4.79 Å². The number of amides is 1. The maximum atomic E-state index is 14.6. The van der Waals surface area contributed by atoms with Crippen LogP contribution >= 0.6 is 0 Å². The van der Waals surface area contributed by atoms with Gasteiger partial charge in [-0.25, -0.2) is 9.37 Å². The van der Waals surface area contributed by atoms with Crippen LogP contribution in [0.3, 0.4) is 0 Å². The molecule has 1 unspecified atom stereocenters. The molecule has 0 saturated heterocycles. The predicted octanol–water partition coefficient (Wildman–Crippen LogP) is -0.655. The summed E-state index contributed by atoms with van der Waals surface area (Å²) < 4.78 is 20.2. The van der Waals surface area contributed by atoms with Crippen LogP contribution < -0.4 is 21.1 Å². The summed E-state index contributed by atoms with van der Waals surface area (Å²) in [7, 11) is 0. The molecule has 33 heavy (non-hydrogen) atoms. The van der Waals surface area contributed by atoms with Gasteiger partial charge in [0.15, 0.2) is 11.6 Å². The molecule has 12 heteroatoms. The Morgan fingerprint density at radius 1 is 1.36 bits per heavy atom. The number of halogens is 1. The van der Waals surface area contributed by atoms with Gasteiger partial charge in [0.05, 0.1) is 30.9 Å². The zero-order valence-electron chi connectivity index (χ0n) is 17.5. The first-order chi connectivity index (χ1) is 15.8. The third-order valence-electron chi connectivity index (χ3n) is 6.25. The molecule has 0 spiro atoms. The Bertz CT molecular complexity index is 1010. The van der Waals surface area contributed by atoms with Crippen LogP contribution in [0.15, 0.2) is 30.5 Å². The van der Waals surface area contributed by atoms with Crippen LogP contribution in [0.1, 0.15) is 6.42 Å². The van der Waals surface area contributed by atoms with Gasteiger partial charge in [0, 0.05) is 29.6 Å². The third kappa shape index (κ3) is 4.69. The van der Waals surface area contributed by atoms with Gasteiger partial charge in [0.1, 0.15) is 18.5 Å². The smallest absolute Gasteiger partial charge is 0.229 e. The van der Waals surface area contributed by atoms with Crippen molar-refractivity contribution in [3.8, 4) is 5.75 Å². The van der Waals surface area contributed by atoms with Crippen molar-refractivity contribution in [3.05, 3.63) is 36.3 Å². The Morgan fingerprint density at radius 2 is 2.15 bits per heavy atom. The van der Waals surface area contributed by atoms with Gasteiger partial charge >= 0.3 is 0 Å². The molecule has 2 aliphatic rings. The number of nitrogens with one attached hydrogen (secondary N) is 2. The van der Waals surface area contributed by atoms with E-state index in [-0.39, 0.29) is 24.8 Å². The zero-order chi connectivity index (χ0) is 23.7. The molecule has 4 bridgehead atoms.